The van der Waals surface area contributed by atoms with Crippen LogP contribution in [0.5, 0.6) is 0 Å². The first kappa shape index (κ1) is 33.1. The lowest BCUT2D eigenvalue weighted by Crippen LogP contribution is -2.17. The molecule has 49 heavy (non-hydrogen) atoms. The third-order valence-corrected chi connectivity index (χ3v) is 11.0. The zero-order valence-electron chi connectivity index (χ0n) is 30.4. The van der Waals surface area contributed by atoms with Gasteiger partial charge in [-0.2, -0.15) is 0 Å². The Bertz CT molecular complexity index is 2060. The van der Waals surface area contributed by atoms with Crippen molar-refractivity contribution in [2.75, 3.05) is 0 Å². The van der Waals surface area contributed by atoms with Gasteiger partial charge in [0.25, 0.3) is 0 Å². The van der Waals surface area contributed by atoms with Crippen LogP contribution in [0.2, 0.25) is 0 Å². The highest BCUT2D eigenvalue weighted by Crippen LogP contribution is 2.55. The van der Waals surface area contributed by atoms with Gasteiger partial charge in [-0.05, 0) is 146 Å². The molecule has 0 aliphatic heterocycles. The highest BCUT2D eigenvalue weighted by atomic mass is 14.4. The number of allylic oxidation sites excluding steroid dienone is 7. The smallest absolute Gasteiger partial charge is 0.00236 e. The molecule has 0 N–H and O–H groups in total. The highest BCUT2D eigenvalue weighted by molar-refractivity contribution is 6.20. The Morgan fingerprint density at radius 3 is 1.80 bits per heavy atom. The molecule has 5 aromatic rings. The summed E-state index contributed by atoms with van der Waals surface area (Å²) in [5, 5.41) is 5.43. The van der Waals surface area contributed by atoms with Crippen LogP contribution in [-0.2, 0) is 0 Å². The normalized spacial score (nSPS) is 18.5. The molecule has 5 aromatic carbocycles. The van der Waals surface area contributed by atoms with Crippen LogP contribution in [0.4, 0.5) is 0 Å². The molecule has 2 saturated carbocycles. The molecule has 0 amide bonds. The minimum Gasteiger partial charge on any atom is -0.0988 e. The molecule has 0 nitrogen and oxygen atoms in total. The largest absolute Gasteiger partial charge is 0.0988 e. The molecule has 0 aromatic heterocycles. The molecule has 248 valence electrons. The van der Waals surface area contributed by atoms with Crippen LogP contribution in [0.3, 0.4) is 0 Å². The van der Waals surface area contributed by atoms with Crippen molar-refractivity contribution in [3.05, 3.63) is 149 Å². The van der Waals surface area contributed by atoms with Gasteiger partial charge in [0.15, 0.2) is 0 Å². The van der Waals surface area contributed by atoms with Crippen LogP contribution in [0, 0.1) is 23.7 Å². The van der Waals surface area contributed by atoms with Crippen LogP contribution >= 0.6 is 0 Å². The van der Waals surface area contributed by atoms with Crippen LogP contribution in [0.15, 0.2) is 144 Å². The Kier molecular flexibility index (Phi) is 9.34. The van der Waals surface area contributed by atoms with E-state index in [0.717, 1.165) is 6.42 Å². The van der Waals surface area contributed by atoms with E-state index in [9.17, 15) is 0 Å². The van der Waals surface area contributed by atoms with Gasteiger partial charge in [0.2, 0.25) is 0 Å². The number of rotatable bonds is 8. The van der Waals surface area contributed by atoms with Crippen molar-refractivity contribution < 1.29 is 0 Å². The minimum atomic E-state index is 0.438. The molecule has 0 spiro atoms. The van der Waals surface area contributed by atoms with E-state index in [1.54, 1.807) is 22.3 Å². The molecule has 0 radical (unpaired) electrons. The van der Waals surface area contributed by atoms with E-state index >= 15 is 0 Å². The Balaban J connectivity index is 0.00000186. The van der Waals surface area contributed by atoms with Gasteiger partial charge in [-0.15, -0.1) is 0 Å². The lowest BCUT2D eigenvalue weighted by Gasteiger charge is -2.34. The highest BCUT2D eigenvalue weighted by Gasteiger charge is 2.39. The summed E-state index contributed by atoms with van der Waals surface area (Å²) < 4.78 is 0. The monoisotopic (exact) mass is 640 g/mol. The third kappa shape index (κ3) is 6.05. The molecule has 0 heteroatoms. The summed E-state index contributed by atoms with van der Waals surface area (Å²) in [6.07, 6.45) is 8.49. The first-order valence-electron chi connectivity index (χ1n) is 18.9. The molecular weight excluding hydrogens is 589 g/mol. The molecule has 1 unspecified atom stereocenters. The standard InChI is InChI=1S/C47H46.C2H6/c1-6-32-27-30(4)43(31(5)44(32)35-25-26-35)47(42(29(2)3)34-23-24-34)46-40-21-12-10-19-38(40)45(39-20-11-13-22-41(39)46)37-18-14-17-36(28-37)33-15-8-7-9-16-33;1-2/h6-22,28-30,34-35H,1,23-27H2,2-5H3;1-2H3/b47-42-;. The van der Waals surface area contributed by atoms with Gasteiger partial charge in [0.1, 0.15) is 0 Å². The summed E-state index contributed by atoms with van der Waals surface area (Å²) in [5.41, 5.74) is 16.0. The first-order chi connectivity index (χ1) is 24.0. The van der Waals surface area contributed by atoms with E-state index in [1.807, 2.05) is 13.8 Å². The van der Waals surface area contributed by atoms with Crippen molar-refractivity contribution in [1.29, 1.82) is 0 Å². The second kappa shape index (κ2) is 13.8. The fraction of sp³-hybridized carbons (Fsp3) is 0.306. The molecule has 0 heterocycles. The predicted molar refractivity (Wildman–Crippen MR) is 215 cm³/mol. The van der Waals surface area contributed by atoms with Crippen LogP contribution in [0.1, 0.15) is 79.2 Å². The van der Waals surface area contributed by atoms with E-state index in [2.05, 4.69) is 143 Å². The average Bonchev–Trinajstić information content (AvgIpc) is 4.08. The quantitative estimate of drug-likeness (QED) is 0.148. The zero-order chi connectivity index (χ0) is 34.2. The van der Waals surface area contributed by atoms with Gasteiger partial charge in [-0.25, -0.2) is 0 Å². The Morgan fingerprint density at radius 2 is 1.24 bits per heavy atom. The fourth-order valence-electron chi connectivity index (χ4n) is 8.85. The van der Waals surface area contributed by atoms with Gasteiger partial charge >= 0.3 is 0 Å². The lowest BCUT2D eigenvalue weighted by atomic mass is 9.70. The maximum Gasteiger partial charge on any atom is -0.00236 e. The summed E-state index contributed by atoms with van der Waals surface area (Å²) >= 11 is 0. The summed E-state index contributed by atoms with van der Waals surface area (Å²) in [7, 11) is 0. The second-order valence-electron chi connectivity index (χ2n) is 14.6. The van der Waals surface area contributed by atoms with Crippen molar-refractivity contribution in [3.8, 4) is 22.3 Å². The van der Waals surface area contributed by atoms with Gasteiger partial charge in [0, 0.05) is 0 Å². The topological polar surface area (TPSA) is 0 Å². The van der Waals surface area contributed by atoms with E-state index in [-0.39, 0.29) is 0 Å². The maximum absolute atomic E-state index is 4.30. The molecule has 0 bridgehead atoms. The van der Waals surface area contributed by atoms with Crippen molar-refractivity contribution in [2.24, 2.45) is 23.7 Å². The lowest BCUT2D eigenvalue weighted by molar-refractivity contribution is 0.655. The number of benzene rings is 5. The van der Waals surface area contributed by atoms with Gasteiger partial charge in [-0.1, -0.05) is 150 Å². The van der Waals surface area contributed by atoms with Crippen molar-refractivity contribution in [1.82, 2.24) is 0 Å². The molecule has 2 fully saturated rings. The van der Waals surface area contributed by atoms with E-state index in [1.165, 1.54) is 86.2 Å². The Morgan fingerprint density at radius 1 is 0.694 bits per heavy atom. The number of hydrogen-bond acceptors (Lipinski definition) is 0. The number of hydrogen-bond donors (Lipinski definition) is 0. The summed E-state index contributed by atoms with van der Waals surface area (Å²) in [4.78, 5) is 0. The van der Waals surface area contributed by atoms with E-state index in [4.69, 9.17) is 0 Å². The van der Waals surface area contributed by atoms with Crippen molar-refractivity contribution in [2.45, 2.75) is 73.6 Å². The average molecular weight is 641 g/mol. The van der Waals surface area contributed by atoms with Crippen molar-refractivity contribution in [3.63, 3.8) is 0 Å². The predicted octanol–water partition coefficient (Wildman–Crippen LogP) is 14.4. The Hall–Kier alpha value is -4.42. The Labute approximate surface area is 295 Å². The molecule has 3 aliphatic carbocycles. The van der Waals surface area contributed by atoms with Crippen LogP contribution in [-0.4, -0.2) is 0 Å². The van der Waals surface area contributed by atoms with Crippen LogP contribution < -0.4 is 0 Å². The van der Waals surface area contributed by atoms with E-state index in [0.29, 0.717) is 23.7 Å². The molecule has 1 atom stereocenters. The molecule has 0 saturated heterocycles. The maximum atomic E-state index is 4.30. The fourth-order valence-corrected chi connectivity index (χ4v) is 8.85. The minimum absolute atomic E-state index is 0.438. The van der Waals surface area contributed by atoms with Gasteiger partial charge in [-0.3, -0.25) is 0 Å². The third-order valence-electron chi connectivity index (χ3n) is 11.0. The summed E-state index contributed by atoms with van der Waals surface area (Å²) in [6, 6.07) is 38.5. The molecule has 3 aliphatic rings. The van der Waals surface area contributed by atoms with Crippen molar-refractivity contribution >= 4 is 27.1 Å². The SMILES string of the molecule is C=CC1=C(C2CC2)C(C)=C(/C(=C(\C(C)C)C2CC2)c2c3ccccc3c(-c3cccc(-c4ccccc4)c3)c3ccccc23)C(C)C1.CC. The van der Waals surface area contributed by atoms with E-state index < -0.39 is 0 Å². The first-order valence-corrected chi connectivity index (χ1v) is 18.9. The summed E-state index contributed by atoms with van der Waals surface area (Å²) in [6.45, 7) is 18.1. The zero-order valence-corrected chi connectivity index (χ0v) is 30.4. The molecule has 8 rings (SSSR count). The second-order valence-corrected chi connectivity index (χ2v) is 14.6. The molecular formula is C49H52. The van der Waals surface area contributed by atoms with Crippen LogP contribution in [0.25, 0.3) is 49.4 Å². The number of fused-ring (bicyclic) bond motifs is 2. The summed E-state index contributed by atoms with van der Waals surface area (Å²) in [5.74, 6) is 2.29. The van der Waals surface area contributed by atoms with Gasteiger partial charge < -0.3 is 0 Å². The van der Waals surface area contributed by atoms with Gasteiger partial charge in [0.05, 0.1) is 0 Å².